The van der Waals surface area contributed by atoms with Crippen LogP contribution in [0.2, 0.25) is 0 Å². The Morgan fingerprint density at radius 3 is 2.80 bits per heavy atom. The fourth-order valence-electron chi connectivity index (χ4n) is 2.19. The minimum atomic E-state index is 0.762. The number of benzene rings is 1. The van der Waals surface area contributed by atoms with Crippen LogP contribution in [0.5, 0.6) is 5.75 Å². The third kappa shape index (κ3) is 3.33. The Balaban J connectivity index is 2.11. The number of para-hydroxylation sites is 2. The Labute approximate surface area is 120 Å². The molecule has 2 aromatic rings. The van der Waals surface area contributed by atoms with Crippen LogP contribution in [0.25, 0.3) is 0 Å². The van der Waals surface area contributed by atoms with Crippen molar-refractivity contribution in [2.75, 3.05) is 25.6 Å². The second kappa shape index (κ2) is 7.01. The van der Waals surface area contributed by atoms with Gasteiger partial charge in [0.05, 0.1) is 25.6 Å². The summed E-state index contributed by atoms with van der Waals surface area (Å²) in [6, 6.07) is 10.1. The summed E-state index contributed by atoms with van der Waals surface area (Å²) < 4.78 is 10.9. The van der Waals surface area contributed by atoms with E-state index < -0.39 is 0 Å². The van der Waals surface area contributed by atoms with E-state index in [4.69, 9.17) is 9.15 Å². The van der Waals surface area contributed by atoms with E-state index in [9.17, 15) is 0 Å². The molecular formula is C16H22N2O2. The van der Waals surface area contributed by atoms with Crippen LogP contribution >= 0.6 is 0 Å². The van der Waals surface area contributed by atoms with Gasteiger partial charge in [-0.15, -0.1) is 0 Å². The molecule has 4 nitrogen and oxygen atoms in total. The van der Waals surface area contributed by atoms with Crippen LogP contribution in [-0.4, -0.2) is 20.7 Å². The zero-order valence-electron chi connectivity index (χ0n) is 12.3. The molecule has 0 unspecified atom stereocenters. The molecule has 2 rings (SSSR count). The molecule has 108 valence electrons. The molecule has 0 saturated carbocycles. The predicted molar refractivity (Wildman–Crippen MR) is 81.2 cm³/mol. The highest BCUT2D eigenvalue weighted by Crippen LogP contribution is 2.28. The van der Waals surface area contributed by atoms with Crippen LogP contribution in [0.4, 0.5) is 5.69 Å². The summed E-state index contributed by atoms with van der Waals surface area (Å²) in [7, 11) is 3.75. The molecule has 0 aliphatic heterocycles. The molecule has 0 aliphatic rings. The molecule has 1 N–H and O–H groups in total. The van der Waals surface area contributed by atoms with Gasteiger partial charge in [-0.3, -0.25) is 0 Å². The van der Waals surface area contributed by atoms with Crippen LogP contribution in [0.1, 0.15) is 18.2 Å². The van der Waals surface area contributed by atoms with Crippen LogP contribution in [0.3, 0.4) is 0 Å². The lowest BCUT2D eigenvalue weighted by molar-refractivity contribution is 0.414. The normalized spacial score (nSPS) is 10.6. The van der Waals surface area contributed by atoms with Gasteiger partial charge in [-0.2, -0.15) is 0 Å². The van der Waals surface area contributed by atoms with Crippen LogP contribution in [-0.2, 0) is 13.1 Å². The molecule has 0 spiro atoms. The lowest BCUT2D eigenvalue weighted by atomic mass is 10.2. The predicted octanol–water partition coefficient (Wildman–Crippen LogP) is 3.03. The molecule has 1 aromatic heterocycles. The third-order valence-electron chi connectivity index (χ3n) is 3.28. The Hall–Kier alpha value is -1.94. The van der Waals surface area contributed by atoms with E-state index in [1.165, 1.54) is 5.56 Å². The summed E-state index contributed by atoms with van der Waals surface area (Å²) >= 11 is 0. The average Bonchev–Trinajstić information content (AvgIpc) is 2.92. The monoisotopic (exact) mass is 274 g/mol. The molecule has 4 heteroatoms. The lowest BCUT2D eigenvalue weighted by Gasteiger charge is -2.21. The summed E-state index contributed by atoms with van der Waals surface area (Å²) in [5.41, 5.74) is 2.27. The maximum Gasteiger partial charge on any atom is 0.142 e. The van der Waals surface area contributed by atoms with Gasteiger partial charge >= 0.3 is 0 Å². The second-order valence-electron chi connectivity index (χ2n) is 4.68. The lowest BCUT2D eigenvalue weighted by Crippen LogP contribution is -2.19. The maximum absolute atomic E-state index is 5.54. The second-order valence-corrected chi connectivity index (χ2v) is 4.68. The average molecular weight is 274 g/mol. The van der Waals surface area contributed by atoms with E-state index in [-0.39, 0.29) is 0 Å². The highest BCUT2D eigenvalue weighted by molar-refractivity contribution is 5.58. The Bertz CT molecular complexity index is 537. The Morgan fingerprint density at radius 2 is 2.05 bits per heavy atom. The standard InChI is InChI=1S/C16H22N2O2/c1-4-17-11-16-13(9-10-20-16)12-18(2)14-7-5-6-8-15(14)19-3/h5-10,17H,4,11-12H2,1-3H3. The van der Waals surface area contributed by atoms with Gasteiger partial charge in [0, 0.05) is 19.2 Å². The first-order chi connectivity index (χ1) is 9.76. The molecular weight excluding hydrogens is 252 g/mol. The fraction of sp³-hybridized carbons (Fsp3) is 0.375. The van der Waals surface area contributed by atoms with Gasteiger partial charge in [0.2, 0.25) is 0 Å². The number of ether oxygens (including phenoxy) is 1. The number of anilines is 1. The molecule has 0 fully saturated rings. The number of hydrogen-bond acceptors (Lipinski definition) is 4. The van der Waals surface area contributed by atoms with Crippen molar-refractivity contribution >= 4 is 5.69 Å². The number of nitrogens with one attached hydrogen (secondary N) is 1. The number of rotatable bonds is 7. The van der Waals surface area contributed by atoms with Gasteiger partial charge in [0.1, 0.15) is 11.5 Å². The Kier molecular flexibility index (Phi) is 5.07. The van der Waals surface area contributed by atoms with E-state index in [0.717, 1.165) is 36.8 Å². The topological polar surface area (TPSA) is 37.6 Å². The van der Waals surface area contributed by atoms with E-state index in [0.29, 0.717) is 0 Å². The number of nitrogens with zero attached hydrogens (tertiary/aromatic N) is 1. The summed E-state index contributed by atoms with van der Waals surface area (Å²) in [5.74, 6) is 1.88. The molecule has 0 aliphatic carbocycles. The quantitative estimate of drug-likeness (QED) is 0.842. The van der Waals surface area contributed by atoms with Gasteiger partial charge in [0.25, 0.3) is 0 Å². The van der Waals surface area contributed by atoms with Crippen molar-refractivity contribution in [2.45, 2.75) is 20.0 Å². The first kappa shape index (κ1) is 14.5. The third-order valence-corrected chi connectivity index (χ3v) is 3.28. The summed E-state index contributed by atoms with van der Waals surface area (Å²) in [6.07, 6.45) is 1.75. The molecule has 1 heterocycles. The number of furan rings is 1. The molecule has 0 atom stereocenters. The minimum Gasteiger partial charge on any atom is -0.495 e. The van der Waals surface area contributed by atoms with E-state index >= 15 is 0 Å². The summed E-state index contributed by atoms with van der Waals surface area (Å²) in [5, 5.41) is 3.29. The highest BCUT2D eigenvalue weighted by Gasteiger charge is 2.12. The van der Waals surface area contributed by atoms with Crippen molar-refractivity contribution in [2.24, 2.45) is 0 Å². The van der Waals surface area contributed by atoms with Gasteiger partial charge in [-0.05, 0) is 24.7 Å². The van der Waals surface area contributed by atoms with Crippen LogP contribution in [0.15, 0.2) is 41.0 Å². The van der Waals surface area contributed by atoms with Crippen molar-refractivity contribution in [3.63, 3.8) is 0 Å². The summed E-state index contributed by atoms with van der Waals surface area (Å²) in [6.45, 7) is 4.57. The van der Waals surface area contributed by atoms with Crippen LogP contribution < -0.4 is 15.0 Å². The van der Waals surface area contributed by atoms with E-state index in [1.54, 1.807) is 13.4 Å². The van der Waals surface area contributed by atoms with Crippen LogP contribution in [0, 0.1) is 0 Å². The highest BCUT2D eigenvalue weighted by atomic mass is 16.5. The Morgan fingerprint density at radius 1 is 1.25 bits per heavy atom. The van der Waals surface area contributed by atoms with Gasteiger partial charge < -0.3 is 19.4 Å². The largest absolute Gasteiger partial charge is 0.495 e. The maximum atomic E-state index is 5.54. The van der Waals surface area contributed by atoms with Gasteiger partial charge in [0.15, 0.2) is 0 Å². The fourth-order valence-corrected chi connectivity index (χ4v) is 2.19. The first-order valence-electron chi connectivity index (χ1n) is 6.86. The van der Waals surface area contributed by atoms with Crippen molar-refractivity contribution in [3.8, 4) is 5.75 Å². The molecule has 0 saturated heterocycles. The van der Waals surface area contributed by atoms with Crippen molar-refractivity contribution in [3.05, 3.63) is 47.9 Å². The SMILES string of the molecule is CCNCc1occc1CN(C)c1ccccc1OC. The van der Waals surface area contributed by atoms with Crippen molar-refractivity contribution < 1.29 is 9.15 Å². The van der Waals surface area contributed by atoms with Gasteiger partial charge in [-0.25, -0.2) is 0 Å². The van der Waals surface area contributed by atoms with E-state index in [2.05, 4.69) is 30.3 Å². The first-order valence-corrected chi connectivity index (χ1v) is 6.86. The molecule has 0 bridgehead atoms. The summed E-state index contributed by atoms with van der Waals surface area (Å²) in [4.78, 5) is 2.17. The molecule has 1 aromatic carbocycles. The van der Waals surface area contributed by atoms with E-state index in [1.807, 2.05) is 24.3 Å². The zero-order chi connectivity index (χ0) is 14.4. The number of methoxy groups -OCH3 is 1. The smallest absolute Gasteiger partial charge is 0.142 e. The minimum absolute atomic E-state index is 0.762. The molecule has 0 amide bonds. The number of hydrogen-bond donors (Lipinski definition) is 1. The van der Waals surface area contributed by atoms with Crippen molar-refractivity contribution in [1.29, 1.82) is 0 Å². The molecule has 0 radical (unpaired) electrons. The van der Waals surface area contributed by atoms with Gasteiger partial charge in [-0.1, -0.05) is 19.1 Å². The molecule has 20 heavy (non-hydrogen) atoms. The zero-order valence-corrected chi connectivity index (χ0v) is 12.3. The van der Waals surface area contributed by atoms with Crippen molar-refractivity contribution in [1.82, 2.24) is 5.32 Å².